The molecule has 0 aliphatic carbocycles. The average molecular weight is 360 g/mol. The average Bonchev–Trinajstić information content (AvgIpc) is 3.02. The Balaban J connectivity index is 1.56. The fourth-order valence-corrected chi connectivity index (χ4v) is 3.09. The largest absolute Gasteiger partial charge is 0.459 e. The van der Waals surface area contributed by atoms with Crippen molar-refractivity contribution < 1.29 is 4.42 Å². The van der Waals surface area contributed by atoms with E-state index in [0.29, 0.717) is 18.1 Å². The molecule has 0 fully saturated rings. The maximum absolute atomic E-state index is 12.1. The second-order valence-electron chi connectivity index (χ2n) is 6.50. The summed E-state index contributed by atoms with van der Waals surface area (Å²) in [6.45, 7) is 4.59. The number of aromatic amines is 1. The second kappa shape index (κ2) is 7.17. The summed E-state index contributed by atoms with van der Waals surface area (Å²) in [5, 5.41) is 4.52. The van der Waals surface area contributed by atoms with Crippen molar-refractivity contribution in [2.75, 3.05) is 0 Å². The topological polar surface area (TPSA) is 83.8 Å². The van der Waals surface area contributed by atoms with E-state index < -0.39 is 0 Å². The van der Waals surface area contributed by atoms with Gasteiger partial charge in [0, 0.05) is 35.5 Å². The summed E-state index contributed by atoms with van der Waals surface area (Å²) in [4.78, 5) is 23.5. The molecule has 0 unspecified atom stereocenters. The van der Waals surface area contributed by atoms with Crippen molar-refractivity contribution in [3.8, 4) is 11.4 Å². The molecular formula is C21H20N4O2. The number of benzene rings is 1. The SMILES string of the molecule is Cc1c(CN[C@H](C)c2cc(=O)[nH]c(-c3ccncc3)n2)oc2ccccc12. The Morgan fingerprint density at radius 2 is 1.96 bits per heavy atom. The lowest BCUT2D eigenvalue weighted by molar-refractivity contribution is 0.475. The number of pyridine rings is 1. The van der Waals surface area contributed by atoms with Gasteiger partial charge in [0.05, 0.1) is 12.2 Å². The number of hydrogen-bond acceptors (Lipinski definition) is 5. The van der Waals surface area contributed by atoms with E-state index in [1.807, 2.05) is 37.3 Å². The summed E-state index contributed by atoms with van der Waals surface area (Å²) in [5.41, 5.74) is 3.33. The molecule has 3 heterocycles. The molecule has 136 valence electrons. The molecule has 27 heavy (non-hydrogen) atoms. The van der Waals surface area contributed by atoms with Crippen molar-refractivity contribution in [2.24, 2.45) is 0 Å². The number of rotatable bonds is 5. The summed E-state index contributed by atoms with van der Waals surface area (Å²) >= 11 is 0. The van der Waals surface area contributed by atoms with Gasteiger partial charge in [-0.1, -0.05) is 18.2 Å². The van der Waals surface area contributed by atoms with Gasteiger partial charge in [0.2, 0.25) is 0 Å². The number of furan rings is 1. The van der Waals surface area contributed by atoms with Crippen LogP contribution in [0.2, 0.25) is 0 Å². The van der Waals surface area contributed by atoms with Crippen LogP contribution in [0.1, 0.15) is 30.0 Å². The first-order valence-corrected chi connectivity index (χ1v) is 8.84. The van der Waals surface area contributed by atoms with Crippen LogP contribution in [0.15, 0.2) is 64.1 Å². The molecule has 1 atom stereocenters. The van der Waals surface area contributed by atoms with E-state index in [4.69, 9.17) is 4.42 Å². The van der Waals surface area contributed by atoms with Crippen molar-refractivity contribution in [1.82, 2.24) is 20.3 Å². The Hall–Kier alpha value is -3.25. The van der Waals surface area contributed by atoms with E-state index in [-0.39, 0.29) is 11.6 Å². The van der Waals surface area contributed by atoms with Gasteiger partial charge in [-0.2, -0.15) is 0 Å². The van der Waals surface area contributed by atoms with Crippen molar-refractivity contribution in [3.63, 3.8) is 0 Å². The molecule has 0 saturated carbocycles. The van der Waals surface area contributed by atoms with Crippen LogP contribution < -0.4 is 10.9 Å². The van der Waals surface area contributed by atoms with Gasteiger partial charge in [0.1, 0.15) is 17.2 Å². The van der Waals surface area contributed by atoms with Gasteiger partial charge in [-0.15, -0.1) is 0 Å². The number of aromatic nitrogens is 3. The summed E-state index contributed by atoms with van der Waals surface area (Å²) in [7, 11) is 0. The van der Waals surface area contributed by atoms with Crippen LogP contribution in [0.4, 0.5) is 0 Å². The first kappa shape index (κ1) is 17.2. The fourth-order valence-electron chi connectivity index (χ4n) is 3.09. The zero-order valence-electron chi connectivity index (χ0n) is 15.2. The highest BCUT2D eigenvalue weighted by atomic mass is 16.3. The molecule has 6 heteroatoms. The maximum atomic E-state index is 12.1. The van der Waals surface area contributed by atoms with Crippen molar-refractivity contribution >= 4 is 11.0 Å². The molecule has 0 saturated heterocycles. The highest BCUT2D eigenvalue weighted by molar-refractivity contribution is 5.81. The minimum Gasteiger partial charge on any atom is -0.459 e. The van der Waals surface area contributed by atoms with Crippen molar-refractivity contribution in [2.45, 2.75) is 26.4 Å². The van der Waals surface area contributed by atoms with Gasteiger partial charge in [-0.3, -0.25) is 9.78 Å². The lowest BCUT2D eigenvalue weighted by Gasteiger charge is -2.13. The Bertz CT molecular complexity index is 1130. The normalized spacial score (nSPS) is 12.4. The second-order valence-corrected chi connectivity index (χ2v) is 6.50. The molecule has 0 spiro atoms. The molecule has 1 aromatic carbocycles. The Labute approximate surface area is 156 Å². The molecule has 0 aliphatic rings. The van der Waals surface area contributed by atoms with Crippen LogP contribution in [0.25, 0.3) is 22.4 Å². The van der Waals surface area contributed by atoms with E-state index >= 15 is 0 Å². The van der Waals surface area contributed by atoms with Crippen LogP contribution in [0, 0.1) is 6.92 Å². The zero-order valence-corrected chi connectivity index (χ0v) is 15.2. The molecule has 6 nitrogen and oxygen atoms in total. The number of para-hydroxylation sites is 1. The van der Waals surface area contributed by atoms with E-state index in [1.54, 1.807) is 12.4 Å². The van der Waals surface area contributed by atoms with Crippen LogP contribution in [-0.4, -0.2) is 15.0 Å². The van der Waals surface area contributed by atoms with Gasteiger partial charge >= 0.3 is 0 Å². The highest BCUT2D eigenvalue weighted by Crippen LogP contribution is 2.25. The monoisotopic (exact) mass is 360 g/mol. The minimum atomic E-state index is -0.180. The number of hydrogen-bond donors (Lipinski definition) is 2. The quantitative estimate of drug-likeness (QED) is 0.566. The van der Waals surface area contributed by atoms with Crippen molar-refractivity contribution in [1.29, 1.82) is 0 Å². The summed E-state index contributed by atoms with van der Waals surface area (Å²) in [6.07, 6.45) is 3.35. The van der Waals surface area contributed by atoms with Crippen LogP contribution in [-0.2, 0) is 6.54 Å². The molecule has 4 aromatic rings. The fraction of sp³-hybridized carbons (Fsp3) is 0.190. The summed E-state index contributed by atoms with van der Waals surface area (Å²) < 4.78 is 5.94. The predicted molar refractivity (Wildman–Crippen MR) is 104 cm³/mol. The van der Waals surface area contributed by atoms with E-state index in [2.05, 4.69) is 33.3 Å². The molecule has 3 aromatic heterocycles. The third-order valence-electron chi connectivity index (χ3n) is 4.67. The zero-order chi connectivity index (χ0) is 18.8. The molecule has 0 bridgehead atoms. The lowest BCUT2D eigenvalue weighted by atomic mass is 10.1. The van der Waals surface area contributed by atoms with E-state index in [9.17, 15) is 4.79 Å². The third-order valence-corrected chi connectivity index (χ3v) is 4.67. The van der Waals surface area contributed by atoms with Gasteiger partial charge in [-0.25, -0.2) is 4.98 Å². The molecule has 0 radical (unpaired) electrons. The predicted octanol–water partition coefficient (Wildman–Crippen LogP) is 3.74. The number of nitrogens with one attached hydrogen (secondary N) is 2. The molecule has 0 aliphatic heterocycles. The van der Waals surface area contributed by atoms with E-state index in [0.717, 1.165) is 27.9 Å². The molecular weight excluding hydrogens is 340 g/mol. The van der Waals surface area contributed by atoms with Gasteiger partial charge in [0.25, 0.3) is 5.56 Å². The van der Waals surface area contributed by atoms with Crippen LogP contribution >= 0.6 is 0 Å². The number of H-pyrrole nitrogens is 1. The number of fused-ring (bicyclic) bond motifs is 1. The standard InChI is InChI=1S/C21H20N4O2/c1-13-16-5-3-4-6-18(16)27-19(13)12-23-14(2)17-11-20(26)25-21(24-17)15-7-9-22-10-8-15/h3-11,14,23H,12H2,1-2H3,(H,24,25,26)/t14-/m1/s1. The first-order valence-electron chi connectivity index (χ1n) is 8.84. The number of nitrogens with zero attached hydrogens (tertiary/aromatic N) is 2. The van der Waals surface area contributed by atoms with E-state index in [1.165, 1.54) is 6.07 Å². The maximum Gasteiger partial charge on any atom is 0.251 e. The van der Waals surface area contributed by atoms with Gasteiger partial charge < -0.3 is 14.7 Å². The smallest absolute Gasteiger partial charge is 0.251 e. The minimum absolute atomic E-state index is 0.111. The first-order chi connectivity index (χ1) is 13.1. The summed E-state index contributed by atoms with van der Waals surface area (Å²) in [6, 6.07) is 13.0. The lowest BCUT2D eigenvalue weighted by Crippen LogP contribution is -2.22. The molecule has 0 amide bonds. The van der Waals surface area contributed by atoms with Crippen LogP contribution in [0.3, 0.4) is 0 Å². The summed E-state index contributed by atoms with van der Waals surface area (Å²) in [5.74, 6) is 1.43. The highest BCUT2D eigenvalue weighted by Gasteiger charge is 2.14. The Kier molecular flexibility index (Phi) is 4.56. The van der Waals surface area contributed by atoms with Gasteiger partial charge in [-0.05, 0) is 37.6 Å². The van der Waals surface area contributed by atoms with Crippen molar-refractivity contribution in [3.05, 3.63) is 82.2 Å². The van der Waals surface area contributed by atoms with Crippen LogP contribution in [0.5, 0.6) is 0 Å². The molecule has 4 rings (SSSR count). The number of aryl methyl sites for hydroxylation is 1. The van der Waals surface area contributed by atoms with Gasteiger partial charge in [0.15, 0.2) is 0 Å². The molecule has 2 N–H and O–H groups in total. The Morgan fingerprint density at radius 3 is 2.74 bits per heavy atom. The third kappa shape index (κ3) is 3.52. The Morgan fingerprint density at radius 1 is 1.19 bits per heavy atom.